The number of benzene rings is 2. The predicted molar refractivity (Wildman–Crippen MR) is 112 cm³/mol. The number of carbonyl (C=O) groups excluding carboxylic acids is 1. The molecule has 0 aliphatic heterocycles. The van der Waals surface area contributed by atoms with Gasteiger partial charge in [0.2, 0.25) is 5.91 Å². The maximum absolute atomic E-state index is 13.4. The second kappa shape index (κ2) is 8.57. The Morgan fingerprint density at radius 1 is 0.967 bits per heavy atom. The average molecular weight is 402 g/mol. The second-order valence-corrected chi connectivity index (χ2v) is 6.73. The number of hydrogen-bond acceptors (Lipinski definition) is 3. The molecule has 0 radical (unpaired) electrons. The highest BCUT2D eigenvalue weighted by molar-refractivity contribution is 5.76. The monoisotopic (exact) mass is 402 g/mol. The molecule has 6 nitrogen and oxygen atoms in total. The molecule has 1 amide bonds. The van der Waals surface area contributed by atoms with Gasteiger partial charge in [-0.2, -0.15) is 5.10 Å². The Balaban J connectivity index is 1.58. The molecule has 0 fully saturated rings. The maximum atomic E-state index is 13.4. The minimum atomic E-state index is -0.329. The van der Waals surface area contributed by atoms with Gasteiger partial charge in [0.1, 0.15) is 12.4 Å². The number of nitrogens with zero attached hydrogens (tertiary/aromatic N) is 3. The third-order valence-electron chi connectivity index (χ3n) is 4.62. The number of hydrogen-bond donors (Lipinski definition) is 1. The number of para-hydroxylation sites is 1. The first kappa shape index (κ1) is 19.3. The van der Waals surface area contributed by atoms with Gasteiger partial charge in [-0.15, -0.1) is 0 Å². The van der Waals surface area contributed by atoms with Crippen molar-refractivity contribution in [1.29, 1.82) is 0 Å². The lowest BCUT2D eigenvalue weighted by Gasteiger charge is -2.07. The Morgan fingerprint density at radius 3 is 2.43 bits per heavy atom. The minimum absolute atomic E-state index is 0.0711. The summed E-state index contributed by atoms with van der Waals surface area (Å²) in [5.74, 6) is -0.620. The van der Waals surface area contributed by atoms with Crippen LogP contribution in [-0.4, -0.2) is 20.3 Å². The van der Waals surface area contributed by atoms with Gasteiger partial charge in [-0.25, -0.2) is 9.07 Å². The largest absolute Gasteiger partial charge is 0.350 e. The summed E-state index contributed by atoms with van der Waals surface area (Å²) in [5, 5.41) is 7.48. The Labute approximate surface area is 172 Å². The van der Waals surface area contributed by atoms with Gasteiger partial charge in [-0.05, 0) is 42.5 Å². The van der Waals surface area contributed by atoms with Crippen LogP contribution >= 0.6 is 0 Å². The molecule has 4 aromatic rings. The van der Waals surface area contributed by atoms with Gasteiger partial charge >= 0.3 is 0 Å². The zero-order valence-electron chi connectivity index (χ0n) is 16.0. The quantitative estimate of drug-likeness (QED) is 0.539. The van der Waals surface area contributed by atoms with Crippen LogP contribution in [0.4, 0.5) is 4.39 Å². The summed E-state index contributed by atoms with van der Waals surface area (Å²) < 4.78 is 16.4. The first-order valence-electron chi connectivity index (χ1n) is 9.42. The highest BCUT2D eigenvalue weighted by Crippen LogP contribution is 2.24. The van der Waals surface area contributed by atoms with Gasteiger partial charge in [-0.3, -0.25) is 9.59 Å². The zero-order chi connectivity index (χ0) is 20.9. The van der Waals surface area contributed by atoms with Gasteiger partial charge in [0.05, 0.1) is 11.4 Å². The Kier molecular flexibility index (Phi) is 5.52. The Morgan fingerprint density at radius 2 is 1.70 bits per heavy atom. The molecule has 0 aliphatic carbocycles. The van der Waals surface area contributed by atoms with Crippen molar-refractivity contribution in [3.8, 4) is 16.9 Å². The van der Waals surface area contributed by atoms with Gasteiger partial charge in [0.25, 0.3) is 5.56 Å². The van der Waals surface area contributed by atoms with Crippen LogP contribution in [-0.2, 0) is 17.9 Å². The Hall–Kier alpha value is -4.00. The van der Waals surface area contributed by atoms with Gasteiger partial charge in [-0.1, -0.05) is 24.3 Å². The van der Waals surface area contributed by atoms with E-state index in [4.69, 9.17) is 0 Å². The van der Waals surface area contributed by atoms with Gasteiger partial charge in [0, 0.05) is 36.1 Å². The van der Waals surface area contributed by atoms with Crippen molar-refractivity contribution in [2.24, 2.45) is 0 Å². The number of carbonyl (C=O) groups is 1. The fraction of sp³-hybridized carbons (Fsp3) is 0.0870. The van der Waals surface area contributed by atoms with Crippen LogP contribution in [0.3, 0.4) is 0 Å². The topological polar surface area (TPSA) is 68.9 Å². The summed E-state index contributed by atoms with van der Waals surface area (Å²) in [6.07, 6.45) is 3.41. The molecule has 0 bridgehead atoms. The van der Waals surface area contributed by atoms with Crippen molar-refractivity contribution < 1.29 is 9.18 Å². The molecule has 7 heteroatoms. The van der Waals surface area contributed by atoms with Crippen LogP contribution in [0, 0.1) is 5.82 Å². The van der Waals surface area contributed by atoms with E-state index in [1.165, 1.54) is 22.8 Å². The number of rotatable bonds is 6. The first-order chi connectivity index (χ1) is 14.6. The summed E-state index contributed by atoms with van der Waals surface area (Å²) in [6.45, 7) is 0.151. The fourth-order valence-corrected chi connectivity index (χ4v) is 3.10. The molecule has 2 heterocycles. The minimum Gasteiger partial charge on any atom is -0.350 e. The van der Waals surface area contributed by atoms with E-state index in [9.17, 15) is 14.0 Å². The molecule has 2 aromatic carbocycles. The third kappa shape index (κ3) is 4.35. The number of halogens is 1. The molecule has 150 valence electrons. The summed E-state index contributed by atoms with van der Waals surface area (Å²) in [7, 11) is 0. The average Bonchev–Trinajstić information content (AvgIpc) is 3.19. The normalized spacial score (nSPS) is 10.7. The number of amides is 1. The van der Waals surface area contributed by atoms with E-state index >= 15 is 0 Å². The molecule has 4 rings (SSSR count). The van der Waals surface area contributed by atoms with E-state index < -0.39 is 0 Å². The van der Waals surface area contributed by atoms with E-state index in [1.807, 2.05) is 36.5 Å². The number of aromatic nitrogens is 3. The zero-order valence-corrected chi connectivity index (χ0v) is 16.0. The summed E-state index contributed by atoms with van der Waals surface area (Å²) in [4.78, 5) is 24.2. The van der Waals surface area contributed by atoms with Crippen molar-refractivity contribution >= 4 is 5.91 Å². The van der Waals surface area contributed by atoms with Crippen molar-refractivity contribution in [3.63, 3.8) is 0 Å². The van der Waals surface area contributed by atoms with E-state index in [1.54, 1.807) is 35.1 Å². The molecule has 0 saturated heterocycles. The smallest absolute Gasteiger partial charge is 0.250 e. The number of nitrogens with one attached hydrogen (secondary N) is 1. The molecule has 0 atom stereocenters. The van der Waals surface area contributed by atoms with Crippen molar-refractivity contribution in [2.45, 2.75) is 13.1 Å². The van der Waals surface area contributed by atoms with Crippen molar-refractivity contribution in [3.05, 3.63) is 107 Å². The van der Waals surface area contributed by atoms with E-state index in [0.717, 1.165) is 16.8 Å². The van der Waals surface area contributed by atoms with E-state index in [0.29, 0.717) is 5.69 Å². The molecule has 0 saturated carbocycles. The summed E-state index contributed by atoms with van der Waals surface area (Å²) in [5.41, 5.74) is 2.80. The molecule has 2 aromatic heterocycles. The third-order valence-corrected chi connectivity index (χ3v) is 4.62. The standard InChI is InChI=1S/C23H19FN4O2/c24-19-11-9-17(10-12-19)23-18(15-28(26-23)20-6-2-1-3-7-20)14-25-21(29)16-27-13-5-4-8-22(27)30/h1-13,15H,14,16H2,(H,25,29). The van der Waals surface area contributed by atoms with Crippen LogP contribution in [0.25, 0.3) is 16.9 Å². The van der Waals surface area contributed by atoms with Gasteiger partial charge < -0.3 is 9.88 Å². The fourth-order valence-electron chi connectivity index (χ4n) is 3.10. The lowest BCUT2D eigenvalue weighted by Crippen LogP contribution is -2.31. The van der Waals surface area contributed by atoms with E-state index in [-0.39, 0.29) is 30.4 Å². The molecular weight excluding hydrogens is 383 g/mol. The number of pyridine rings is 1. The summed E-state index contributed by atoms with van der Waals surface area (Å²) >= 11 is 0. The molecule has 0 unspecified atom stereocenters. The first-order valence-corrected chi connectivity index (χ1v) is 9.42. The second-order valence-electron chi connectivity index (χ2n) is 6.73. The van der Waals surface area contributed by atoms with Crippen LogP contribution in [0.1, 0.15) is 5.56 Å². The van der Waals surface area contributed by atoms with Crippen LogP contribution in [0.2, 0.25) is 0 Å². The molecule has 1 N–H and O–H groups in total. The highest BCUT2D eigenvalue weighted by Gasteiger charge is 2.14. The maximum Gasteiger partial charge on any atom is 0.250 e. The molecule has 30 heavy (non-hydrogen) atoms. The van der Waals surface area contributed by atoms with Crippen LogP contribution in [0.5, 0.6) is 0 Å². The SMILES string of the molecule is O=C(Cn1ccccc1=O)NCc1cn(-c2ccccc2)nc1-c1ccc(F)cc1. The van der Waals surface area contributed by atoms with Crippen molar-refractivity contribution in [2.75, 3.05) is 0 Å². The predicted octanol–water partition coefficient (Wildman–Crippen LogP) is 3.16. The van der Waals surface area contributed by atoms with Crippen LogP contribution < -0.4 is 10.9 Å². The highest BCUT2D eigenvalue weighted by atomic mass is 19.1. The molecular formula is C23H19FN4O2. The Bertz CT molecular complexity index is 1210. The van der Waals surface area contributed by atoms with Gasteiger partial charge in [0.15, 0.2) is 0 Å². The van der Waals surface area contributed by atoms with Crippen molar-refractivity contribution in [1.82, 2.24) is 19.7 Å². The van der Waals surface area contributed by atoms with Crippen LogP contribution in [0.15, 0.2) is 90.0 Å². The summed E-state index contributed by atoms with van der Waals surface area (Å²) in [6, 6.07) is 20.4. The lowest BCUT2D eigenvalue weighted by molar-refractivity contribution is -0.121. The molecule has 0 spiro atoms. The lowest BCUT2D eigenvalue weighted by atomic mass is 10.1. The van der Waals surface area contributed by atoms with E-state index in [2.05, 4.69) is 10.4 Å². The molecule has 0 aliphatic rings.